The zero-order valence-electron chi connectivity index (χ0n) is 16.3. The first-order valence-electron chi connectivity index (χ1n) is 9.63. The fourth-order valence-corrected chi connectivity index (χ4v) is 3.15. The molecule has 0 saturated carbocycles. The molecular weight excluding hydrogens is 350 g/mol. The van der Waals surface area contributed by atoms with Crippen molar-refractivity contribution in [1.29, 1.82) is 0 Å². The third kappa shape index (κ3) is 5.22. The van der Waals surface area contributed by atoms with Gasteiger partial charge in [-0.1, -0.05) is 31.8 Å². The van der Waals surface area contributed by atoms with Crippen LogP contribution >= 0.6 is 0 Å². The lowest BCUT2D eigenvalue weighted by Gasteiger charge is -2.18. The molecular formula is C18H29N5O4. The summed E-state index contributed by atoms with van der Waals surface area (Å²) in [5.74, 6) is 0. The second-order valence-corrected chi connectivity index (χ2v) is 6.88. The number of ether oxygens (including phenoxy) is 2. The van der Waals surface area contributed by atoms with E-state index in [1.165, 1.54) is 15.3 Å². The summed E-state index contributed by atoms with van der Waals surface area (Å²) >= 11 is 0. The summed E-state index contributed by atoms with van der Waals surface area (Å²) in [5.41, 5.74) is 8.66. The highest BCUT2D eigenvalue weighted by Crippen LogP contribution is 2.30. The Morgan fingerprint density at radius 2 is 2.07 bits per heavy atom. The molecule has 27 heavy (non-hydrogen) atoms. The Morgan fingerprint density at radius 3 is 2.74 bits per heavy atom. The second kappa shape index (κ2) is 10.3. The van der Waals surface area contributed by atoms with Crippen LogP contribution in [0.2, 0.25) is 0 Å². The maximum atomic E-state index is 12.8. The van der Waals surface area contributed by atoms with Gasteiger partial charge in [0.1, 0.15) is 6.23 Å². The Labute approximate surface area is 158 Å². The van der Waals surface area contributed by atoms with Gasteiger partial charge in [-0.15, -0.1) is 0 Å². The van der Waals surface area contributed by atoms with Gasteiger partial charge in [0.05, 0.1) is 18.8 Å². The van der Waals surface area contributed by atoms with E-state index in [2.05, 4.69) is 16.9 Å². The summed E-state index contributed by atoms with van der Waals surface area (Å²) in [7, 11) is 0. The van der Waals surface area contributed by atoms with Crippen molar-refractivity contribution in [3.63, 3.8) is 0 Å². The Morgan fingerprint density at radius 1 is 1.33 bits per heavy atom. The Balaban J connectivity index is 2.24. The highest BCUT2D eigenvalue weighted by molar-refractivity contribution is 5.04. The lowest BCUT2D eigenvalue weighted by molar-refractivity contribution is -0.0461. The minimum absolute atomic E-state index is 0.270. The van der Waals surface area contributed by atoms with Gasteiger partial charge < -0.3 is 9.47 Å². The van der Waals surface area contributed by atoms with Crippen molar-refractivity contribution >= 4 is 0 Å². The third-order valence-electron chi connectivity index (χ3n) is 4.74. The van der Waals surface area contributed by atoms with E-state index in [0.29, 0.717) is 31.7 Å². The molecule has 2 rings (SSSR count). The summed E-state index contributed by atoms with van der Waals surface area (Å²) in [4.78, 5) is 28.0. The van der Waals surface area contributed by atoms with Crippen molar-refractivity contribution in [3.05, 3.63) is 43.0 Å². The molecule has 1 aromatic heterocycles. The Kier molecular flexibility index (Phi) is 8.09. The van der Waals surface area contributed by atoms with Crippen LogP contribution in [-0.2, 0) is 16.0 Å². The van der Waals surface area contributed by atoms with Gasteiger partial charge in [0.15, 0.2) is 0 Å². The van der Waals surface area contributed by atoms with E-state index >= 15 is 0 Å². The largest absolute Gasteiger partial charge is 0.379 e. The summed E-state index contributed by atoms with van der Waals surface area (Å²) in [6, 6.07) is -0.412. The van der Waals surface area contributed by atoms with Crippen molar-refractivity contribution in [2.75, 3.05) is 13.2 Å². The standard InChI is InChI=1S/C18H29N5O4/c1-4-6-8-22-17(24)13(3)11-23(18(22)25)16-10-14(20-21-19)15(27-16)12-26-9-7-5-2/h11,14-16H,4-10,12H2,1-3H3/t14?,15-,16-/m1/s1. The third-order valence-corrected chi connectivity index (χ3v) is 4.74. The quantitative estimate of drug-likeness (QED) is 0.269. The van der Waals surface area contributed by atoms with Gasteiger partial charge in [-0.25, -0.2) is 4.79 Å². The van der Waals surface area contributed by atoms with Crippen molar-refractivity contribution in [2.45, 2.75) is 77.8 Å². The SMILES string of the molecule is CCCCOC[C@H]1O[C@@H](n2cc(C)c(=O)n(CCCC)c2=O)CC1N=[N+]=[N-]. The van der Waals surface area contributed by atoms with Crippen LogP contribution in [0, 0.1) is 6.92 Å². The predicted molar refractivity (Wildman–Crippen MR) is 102 cm³/mol. The zero-order valence-corrected chi connectivity index (χ0v) is 16.3. The molecule has 0 N–H and O–H groups in total. The van der Waals surface area contributed by atoms with Gasteiger partial charge in [-0.05, 0) is 25.3 Å². The van der Waals surface area contributed by atoms with E-state index in [4.69, 9.17) is 15.0 Å². The first-order valence-corrected chi connectivity index (χ1v) is 9.63. The van der Waals surface area contributed by atoms with Crippen molar-refractivity contribution in [1.82, 2.24) is 9.13 Å². The number of unbranched alkanes of at least 4 members (excludes halogenated alkanes) is 2. The van der Waals surface area contributed by atoms with Crippen molar-refractivity contribution in [3.8, 4) is 0 Å². The topological polar surface area (TPSA) is 111 Å². The lowest BCUT2D eigenvalue weighted by atomic mass is 10.1. The van der Waals surface area contributed by atoms with Crippen LogP contribution in [0.4, 0.5) is 0 Å². The minimum Gasteiger partial charge on any atom is -0.379 e. The second-order valence-electron chi connectivity index (χ2n) is 6.88. The van der Waals surface area contributed by atoms with Crippen LogP contribution in [0.25, 0.3) is 10.4 Å². The molecule has 0 amide bonds. The molecule has 150 valence electrons. The van der Waals surface area contributed by atoms with Gasteiger partial charge in [0, 0.05) is 36.2 Å². The highest BCUT2D eigenvalue weighted by Gasteiger charge is 2.36. The number of nitrogens with zero attached hydrogens (tertiary/aromatic N) is 5. The number of aryl methyl sites for hydroxylation is 1. The summed E-state index contributed by atoms with van der Waals surface area (Å²) < 4.78 is 14.3. The highest BCUT2D eigenvalue weighted by atomic mass is 16.6. The average molecular weight is 379 g/mol. The smallest absolute Gasteiger partial charge is 0.333 e. The maximum absolute atomic E-state index is 12.8. The van der Waals surface area contributed by atoms with E-state index in [1.54, 1.807) is 6.92 Å². The molecule has 3 atom stereocenters. The Hall–Kier alpha value is -2.09. The molecule has 9 nitrogen and oxygen atoms in total. The monoisotopic (exact) mass is 379 g/mol. The van der Waals surface area contributed by atoms with Gasteiger partial charge in [0.2, 0.25) is 0 Å². The van der Waals surface area contributed by atoms with Crippen molar-refractivity contribution < 1.29 is 9.47 Å². The molecule has 0 aliphatic carbocycles. The fourth-order valence-electron chi connectivity index (χ4n) is 3.15. The van der Waals surface area contributed by atoms with Gasteiger partial charge in [-0.3, -0.25) is 13.9 Å². The first-order chi connectivity index (χ1) is 13.0. The number of hydrogen-bond donors (Lipinski definition) is 0. The minimum atomic E-state index is -0.583. The molecule has 1 fully saturated rings. The molecule has 1 unspecified atom stereocenters. The van der Waals surface area contributed by atoms with Crippen LogP contribution in [-0.4, -0.2) is 34.5 Å². The van der Waals surface area contributed by atoms with Crippen LogP contribution in [0.15, 0.2) is 20.9 Å². The molecule has 2 heterocycles. The number of aromatic nitrogens is 2. The predicted octanol–water partition coefficient (Wildman–Crippen LogP) is 2.90. The molecule has 1 aromatic rings. The van der Waals surface area contributed by atoms with Crippen LogP contribution < -0.4 is 11.2 Å². The number of azide groups is 1. The zero-order chi connectivity index (χ0) is 19.8. The average Bonchev–Trinajstić information content (AvgIpc) is 3.05. The van der Waals surface area contributed by atoms with Crippen LogP contribution in [0.5, 0.6) is 0 Å². The van der Waals surface area contributed by atoms with E-state index in [0.717, 1.165) is 25.7 Å². The Bertz CT molecular complexity index is 781. The van der Waals surface area contributed by atoms with Gasteiger partial charge in [0.25, 0.3) is 5.56 Å². The van der Waals surface area contributed by atoms with E-state index < -0.39 is 24.1 Å². The van der Waals surface area contributed by atoms with Gasteiger partial charge >= 0.3 is 5.69 Å². The summed E-state index contributed by atoms with van der Waals surface area (Å²) in [6.45, 7) is 7.08. The lowest BCUT2D eigenvalue weighted by Crippen LogP contribution is -2.42. The van der Waals surface area contributed by atoms with E-state index in [1.807, 2.05) is 6.92 Å². The molecule has 0 aromatic carbocycles. The van der Waals surface area contributed by atoms with Crippen molar-refractivity contribution in [2.24, 2.45) is 5.11 Å². The molecule has 1 aliphatic rings. The maximum Gasteiger partial charge on any atom is 0.333 e. The molecule has 0 spiro atoms. The normalized spacial score (nSPS) is 22.0. The number of hydrogen-bond acceptors (Lipinski definition) is 5. The van der Waals surface area contributed by atoms with E-state index in [-0.39, 0.29) is 5.56 Å². The van der Waals surface area contributed by atoms with Crippen LogP contribution in [0.1, 0.15) is 57.7 Å². The number of rotatable bonds is 10. The van der Waals surface area contributed by atoms with Crippen LogP contribution in [0.3, 0.4) is 0 Å². The molecule has 1 aliphatic heterocycles. The van der Waals surface area contributed by atoms with E-state index in [9.17, 15) is 9.59 Å². The van der Waals surface area contributed by atoms with Gasteiger partial charge in [-0.2, -0.15) is 0 Å². The first kappa shape index (κ1) is 21.2. The fraction of sp³-hybridized carbons (Fsp3) is 0.778. The summed E-state index contributed by atoms with van der Waals surface area (Å²) in [5, 5.41) is 3.81. The summed E-state index contributed by atoms with van der Waals surface area (Å²) in [6.07, 6.45) is 4.52. The molecule has 0 bridgehead atoms. The molecule has 0 radical (unpaired) electrons. The molecule has 1 saturated heterocycles. The molecule has 9 heteroatoms.